The van der Waals surface area contributed by atoms with E-state index in [0.29, 0.717) is 0 Å². The number of fused-ring (bicyclic) bond motifs is 11. The maximum Gasteiger partial charge on any atom is 0.137 e. The second-order valence-electron chi connectivity index (χ2n) is 16.0. The number of hydrogen-bond acceptors (Lipinski definition) is 3. The Morgan fingerprint density at radius 1 is 0.355 bits per heavy atom. The molecule has 62 heavy (non-hydrogen) atoms. The van der Waals surface area contributed by atoms with Gasteiger partial charge in [-0.25, -0.2) is 0 Å². The second-order valence-corrected chi connectivity index (χ2v) is 16.0. The van der Waals surface area contributed by atoms with E-state index >= 15 is 0 Å². The molecule has 0 unspecified atom stereocenters. The van der Waals surface area contributed by atoms with Gasteiger partial charge in [-0.3, -0.25) is 0 Å². The van der Waals surface area contributed by atoms with Crippen LogP contribution in [0.5, 0.6) is 0 Å². The number of rotatable bonds is 6. The van der Waals surface area contributed by atoms with Crippen molar-refractivity contribution in [3.8, 4) is 27.9 Å². The quantitative estimate of drug-likeness (QED) is 0.168. The van der Waals surface area contributed by atoms with Gasteiger partial charge in [-0.1, -0.05) is 146 Å². The fourth-order valence-electron chi connectivity index (χ4n) is 9.89. The number of anilines is 3. The van der Waals surface area contributed by atoms with Gasteiger partial charge in [0.1, 0.15) is 22.3 Å². The van der Waals surface area contributed by atoms with Crippen molar-refractivity contribution >= 4 is 93.5 Å². The first-order chi connectivity index (χ1) is 30.8. The SMILES string of the molecule is c1ccc(-c2cccc(-n3c4ccccc4c4c5ccccc5ccc43)c2-c2ccc(N(c3ccc4c(c3)oc3ccccc34)c3cccc4oc5ccccc5c34)cc2)cc1. The minimum absolute atomic E-state index is 0.843. The molecule has 0 atom stereocenters. The van der Waals surface area contributed by atoms with Crippen LogP contribution in [0.2, 0.25) is 0 Å². The minimum atomic E-state index is 0.843. The largest absolute Gasteiger partial charge is 0.456 e. The Bertz CT molecular complexity index is 3870. The number of aromatic nitrogens is 1. The van der Waals surface area contributed by atoms with E-state index in [4.69, 9.17) is 8.83 Å². The molecular formula is C58H36N2O2. The van der Waals surface area contributed by atoms with Crippen LogP contribution < -0.4 is 4.90 Å². The highest BCUT2D eigenvalue weighted by atomic mass is 16.3. The zero-order valence-corrected chi connectivity index (χ0v) is 33.5. The third kappa shape index (κ3) is 5.20. The van der Waals surface area contributed by atoms with Gasteiger partial charge in [0.15, 0.2) is 0 Å². The number of nitrogens with zero attached hydrogens (tertiary/aromatic N) is 2. The van der Waals surface area contributed by atoms with Gasteiger partial charge >= 0.3 is 0 Å². The predicted molar refractivity (Wildman–Crippen MR) is 258 cm³/mol. The minimum Gasteiger partial charge on any atom is -0.456 e. The standard InChI is InChI=1S/C58H36N2O2/c1-2-14-37(15-3-1)42-21-12-23-49(60-48-22-9-6-19-46(48)57-43-17-5-4-16-38(43)30-35-51(57)60)56(42)39-28-31-40(32-29-39)59(41-33-34-45-44-18-7-10-25-52(44)62-55(45)36-41)50-24-13-27-54-58(50)47-20-8-11-26-53(47)61-54/h1-36H. The van der Waals surface area contributed by atoms with Gasteiger partial charge in [0.05, 0.1) is 27.8 Å². The van der Waals surface area contributed by atoms with Gasteiger partial charge in [0.2, 0.25) is 0 Å². The summed E-state index contributed by atoms with van der Waals surface area (Å²) >= 11 is 0. The maximum absolute atomic E-state index is 6.48. The molecule has 4 nitrogen and oxygen atoms in total. The van der Waals surface area contributed by atoms with Gasteiger partial charge < -0.3 is 18.3 Å². The van der Waals surface area contributed by atoms with Crippen molar-refractivity contribution in [2.75, 3.05) is 4.90 Å². The molecule has 0 bridgehead atoms. The smallest absolute Gasteiger partial charge is 0.137 e. The lowest BCUT2D eigenvalue weighted by molar-refractivity contribution is 0.669. The third-order valence-electron chi connectivity index (χ3n) is 12.6. The van der Waals surface area contributed by atoms with Crippen molar-refractivity contribution in [2.45, 2.75) is 0 Å². The van der Waals surface area contributed by atoms with Gasteiger partial charge in [-0.2, -0.15) is 0 Å². The number of para-hydroxylation sites is 3. The molecule has 10 aromatic carbocycles. The second kappa shape index (κ2) is 13.6. The predicted octanol–water partition coefficient (Wildman–Crippen LogP) is 16.5. The number of benzene rings is 10. The molecule has 0 aliphatic heterocycles. The summed E-state index contributed by atoms with van der Waals surface area (Å²) in [5, 5.41) is 9.34. The number of hydrogen-bond donors (Lipinski definition) is 0. The van der Waals surface area contributed by atoms with Gasteiger partial charge in [-0.15, -0.1) is 0 Å². The van der Waals surface area contributed by atoms with Gasteiger partial charge in [0.25, 0.3) is 0 Å². The van der Waals surface area contributed by atoms with Crippen LogP contribution in [0.3, 0.4) is 0 Å². The van der Waals surface area contributed by atoms with Crippen LogP contribution in [0, 0.1) is 0 Å². The van der Waals surface area contributed by atoms with Crippen molar-refractivity contribution in [1.82, 2.24) is 4.57 Å². The summed E-state index contributed by atoms with van der Waals surface area (Å²) in [5.74, 6) is 0. The zero-order chi connectivity index (χ0) is 40.7. The van der Waals surface area contributed by atoms with E-state index < -0.39 is 0 Å². The Kier molecular flexibility index (Phi) is 7.57. The Balaban J connectivity index is 1.05. The van der Waals surface area contributed by atoms with E-state index in [1.54, 1.807) is 0 Å². The monoisotopic (exact) mass is 792 g/mol. The molecule has 3 aromatic heterocycles. The average Bonchev–Trinajstić information content (AvgIpc) is 4.02. The summed E-state index contributed by atoms with van der Waals surface area (Å²) in [6.07, 6.45) is 0. The first-order valence-corrected chi connectivity index (χ1v) is 21.1. The van der Waals surface area contributed by atoms with Gasteiger partial charge in [0, 0.05) is 49.9 Å². The molecule has 0 saturated heterocycles. The average molecular weight is 793 g/mol. The lowest BCUT2D eigenvalue weighted by Crippen LogP contribution is -2.10. The summed E-state index contributed by atoms with van der Waals surface area (Å²) < 4.78 is 15.4. The topological polar surface area (TPSA) is 34.5 Å². The van der Waals surface area contributed by atoms with Crippen LogP contribution >= 0.6 is 0 Å². The van der Waals surface area contributed by atoms with Crippen LogP contribution in [0.1, 0.15) is 0 Å². The Morgan fingerprint density at radius 3 is 1.85 bits per heavy atom. The van der Waals surface area contributed by atoms with E-state index in [1.165, 1.54) is 49.3 Å². The van der Waals surface area contributed by atoms with Crippen LogP contribution in [-0.4, -0.2) is 4.57 Å². The summed E-state index contributed by atoms with van der Waals surface area (Å²) in [6.45, 7) is 0. The highest BCUT2D eigenvalue weighted by Crippen LogP contribution is 2.47. The Hall–Kier alpha value is -8.34. The lowest BCUT2D eigenvalue weighted by atomic mass is 9.92. The molecular weight excluding hydrogens is 757 g/mol. The van der Waals surface area contributed by atoms with Crippen molar-refractivity contribution in [1.29, 1.82) is 0 Å². The molecule has 0 aliphatic rings. The third-order valence-corrected chi connectivity index (χ3v) is 12.6. The molecule has 0 amide bonds. The molecule has 13 aromatic rings. The summed E-state index contributed by atoms with van der Waals surface area (Å²) in [5.41, 5.74) is 14.6. The van der Waals surface area contributed by atoms with E-state index in [9.17, 15) is 0 Å². The van der Waals surface area contributed by atoms with Crippen molar-refractivity contribution in [2.24, 2.45) is 0 Å². The van der Waals surface area contributed by atoms with E-state index in [1.807, 2.05) is 24.3 Å². The first kappa shape index (κ1) is 34.5. The first-order valence-electron chi connectivity index (χ1n) is 21.1. The molecule has 290 valence electrons. The molecule has 0 spiro atoms. The highest BCUT2D eigenvalue weighted by molar-refractivity contribution is 6.22. The fraction of sp³-hybridized carbons (Fsp3) is 0. The molecule has 0 N–H and O–H groups in total. The van der Waals surface area contributed by atoms with Crippen molar-refractivity contribution in [3.05, 3.63) is 218 Å². The van der Waals surface area contributed by atoms with Gasteiger partial charge in [-0.05, 0) is 94.2 Å². The summed E-state index contributed by atoms with van der Waals surface area (Å²) in [7, 11) is 0. The fourth-order valence-corrected chi connectivity index (χ4v) is 9.89. The van der Waals surface area contributed by atoms with Crippen LogP contribution in [0.25, 0.3) is 104 Å². The molecule has 0 radical (unpaired) electrons. The van der Waals surface area contributed by atoms with E-state index in [-0.39, 0.29) is 0 Å². The molecule has 13 rings (SSSR count). The van der Waals surface area contributed by atoms with Crippen molar-refractivity contribution in [3.63, 3.8) is 0 Å². The molecule has 0 aliphatic carbocycles. The Morgan fingerprint density at radius 2 is 1.00 bits per heavy atom. The van der Waals surface area contributed by atoms with E-state index in [0.717, 1.165) is 72.2 Å². The lowest BCUT2D eigenvalue weighted by Gasteiger charge is -2.27. The summed E-state index contributed by atoms with van der Waals surface area (Å²) in [4.78, 5) is 2.34. The van der Waals surface area contributed by atoms with Crippen molar-refractivity contribution < 1.29 is 8.83 Å². The van der Waals surface area contributed by atoms with E-state index in [2.05, 4.69) is 204 Å². The summed E-state index contributed by atoms with van der Waals surface area (Å²) in [6, 6.07) is 78.0. The molecule has 4 heteroatoms. The Labute approximate surface area is 356 Å². The normalized spacial score (nSPS) is 11.9. The molecule has 0 saturated carbocycles. The molecule has 3 heterocycles. The molecule has 0 fully saturated rings. The van der Waals surface area contributed by atoms with Crippen LogP contribution in [0.4, 0.5) is 17.1 Å². The maximum atomic E-state index is 6.48. The number of furan rings is 2. The zero-order valence-electron chi connectivity index (χ0n) is 33.5. The highest BCUT2D eigenvalue weighted by Gasteiger charge is 2.23. The van der Waals surface area contributed by atoms with Crippen LogP contribution in [-0.2, 0) is 0 Å². The van der Waals surface area contributed by atoms with Crippen LogP contribution in [0.15, 0.2) is 227 Å².